The van der Waals surface area contributed by atoms with Crippen LogP contribution in [0.25, 0.3) is 6.08 Å². The maximum Gasteiger partial charge on any atom is 0.293 e. The molecule has 0 aliphatic carbocycles. The Balaban J connectivity index is 2.24. The molecule has 20 heavy (non-hydrogen) atoms. The minimum atomic E-state index is -0.202. The topological polar surface area (TPSA) is 40.6 Å². The summed E-state index contributed by atoms with van der Waals surface area (Å²) in [7, 11) is 3.95. The van der Waals surface area contributed by atoms with Gasteiger partial charge in [-0.05, 0) is 49.4 Å². The molecule has 1 aromatic carbocycles. The molecule has 0 bridgehead atoms. The number of rotatable bonds is 3. The number of thioether (sulfide) groups is 1. The number of anilines is 1. The van der Waals surface area contributed by atoms with E-state index in [-0.39, 0.29) is 17.2 Å². The second-order valence-electron chi connectivity index (χ2n) is 5.13. The SMILES string of the molecule is CC(C)N1C(=O)SC(=Cc2ccc(N(C)C)cc2)C1=O. The molecule has 0 aromatic heterocycles. The second-order valence-corrected chi connectivity index (χ2v) is 6.12. The summed E-state index contributed by atoms with van der Waals surface area (Å²) < 4.78 is 0. The summed E-state index contributed by atoms with van der Waals surface area (Å²) in [4.78, 5) is 27.7. The molecule has 4 nitrogen and oxygen atoms in total. The Morgan fingerprint density at radius 1 is 1.15 bits per heavy atom. The molecule has 1 aromatic rings. The second kappa shape index (κ2) is 5.71. The highest BCUT2D eigenvalue weighted by Crippen LogP contribution is 2.33. The monoisotopic (exact) mass is 290 g/mol. The number of nitrogens with zero attached hydrogens (tertiary/aromatic N) is 2. The largest absolute Gasteiger partial charge is 0.378 e. The lowest BCUT2D eigenvalue weighted by molar-refractivity contribution is -0.123. The van der Waals surface area contributed by atoms with Gasteiger partial charge in [0, 0.05) is 25.8 Å². The van der Waals surface area contributed by atoms with E-state index in [0.717, 1.165) is 23.0 Å². The van der Waals surface area contributed by atoms with Crippen LogP contribution in [0.3, 0.4) is 0 Å². The van der Waals surface area contributed by atoms with Crippen molar-refractivity contribution >= 4 is 34.7 Å². The third-order valence-electron chi connectivity index (χ3n) is 3.05. The van der Waals surface area contributed by atoms with E-state index in [0.29, 0.717) is 4.91 Å². The molecule has 0 unspecified atom stereocenters. The summed E-state index contributed by atoms with van der Waals surface area (Å²) >= 11 is 1.00. The molecule has 0 N–H and O–H groups in total. The lowest BCUT2D eigenvalue weighted by Crippen LogP contribution is -2.34. The summed E-state index contributed by atoms with van der Waals surface area (Å²) in [5.41, 5.74) is 2.02. The van der Waals surface area contributed by atoms with E-state index >= 15 is 0 Å². The Bertz CT molecular complexity index is 562. The van der Waals surface area contributed by atoms with E-state index in [1.807, 2.05) is 57.1 Å². The van der Waals surface area contributed by atoms with Crippen LogP contribution < -0.4 is 4.90 Å². The fraction of sp³-hybridized carbons (Fsp3) is 0.333. The van der Waals surface area contributed by atoms with E-state index in [2.05, 4.69) is 0 Å². The van der Waals surface area contributed by atoms with Crippen molar-refractivity contribution in [3.8, 4) is 0 Å². The summed E-state index contributed by atoms with van der Waals surface area (Å²) in [6.45, 7) is 3.68. The highest BCUT2D eigenvalue weighted by Gasteiger charge is 2.36. The number of imide groups is 1. The van der Waals surface area contributed by atoms with Crippen molar-refractivity contribution in [2.75, 3.05) is 19.0 Å². The Morgan fingerprint density at radius 3 is 2.20 bits per heavy atom. The summed E-state index contributed by atoms with van der Waals surface area (Å²) in [5.74, 6) is -0.202. The van der Waals surface area contributed by atoms with Crippen LogP contribution in [-0.4, -0.2) is 36.2 Å². The van der Waals surface area contributed by atoms with Crippen LogP contribution in [0.2, 0.25) is 0 Å². The van der Waals surface area contributed by atoms with Crippen LogP contribution in [0.15, 0.2) is 29.2 Å². The number of carbonyl (C=O) groups is 2. The van der Waals surface area contributed by atoms with Crippen molar-refractivity contribution in [1.82, 2.24) is 4.90 Å². The fourth-order valence-corrected chi connectivity index (χ4v) is 2.91. The molecule has 0 atom stereocenters. The molecular formula is C15H18N2O2S. The van der Waals surface area contributed by atoms with Crippen molar-refractivity contribution < 1.29 is 9.59 Å². The number of carbonyl (C=O) groups excluding carboxylic acids is 2. The van der Waals surface area contributed by atoms with Crippen LogP contribution in [0.4, 0.5) is 10.5 Å². The van der Waals surface area contributed by atoms with Gasteiger partial charge in [0.1, 0.15) is 0 Å². The number of hydrogen-bond acceptors (Lipinski definition) is 4. The first-order chi connectivity index (χ1) is 9.40. The van der Waals surface area contributed by atoms with Crippen LogP contribution >= 0.6 is 11.8 Å². The van der Waals surface area contributed by atoms with Crippen molar-refractivity contribution in [2.24, 2.45) is 0 Å². The van der Waals surface area contributed by atoms with Gasteiger partial charge in [-0.2, -0.15) is 0 Å². The van der Waals surface area contributed by atoms with Gasteiger partial charge in [0.25, 0.3) is 11.1 Å². The van der Waals surface area contributed by atoms with E-state index in [4.69, 9.17) is 0 Å². The van der Waals surface area contributed by atoms with Gasteiger partial charge in [0.15, 0.2) is 0 Å². The Hall–Kier alpha value is -1.75. The van der Waals surface area contributed by atoms with Crippen LogP contribution in [0.1, 0.15) is 19.4 Å². The van der Waals surface area contributed by atoms with Gasteiger partial charge in [-0.3, -0.25) is 14.5 Å². The third kappa shape index (κ3) is 2.88. The Kier molecular flexibility index (Phi) is 4.18. The standard InChI is InChI=1S/C15H18N2O2S/c1-10(2)17-14(18)13(20-15(17)19)9-11-5-7-12(8-6-11)16(3)4/h5-10H,1-4H3. The van der Waals surface area contributed by atoms with Crippen LogP contribution in [0.5, 0.6) is 0 Å². The number of hydrogen-bond donors (Lipinski definition) is 0. The molecule has 2 amide bonds. The molecule has 1 heterocycles. The van der Waals surface area contributed by atoms with Gasteiger partial charge >= 0.3 is 0 Å². The molecule has 1 aliphatic rings. The minimum Gasteiger partial charge on any atom is -0.378 e. The first-order valence-corrected chi connectivity index (χ1v) is 7.26. The van der Waals surface area contributed by atoms with Crippen molar-refractivity contribution in [1.29, 1.82) is 0 Å². The molecule has 1 saturated heterocycles. The average Bonchev–Trinajstić information content (AvgIpc) is 2.65. The minimum absolute atomic E-state index is 0.107. The Morgan fingerprint density at radius 2 is 1.75 bits per heavy atom. The highest BCUT2D eigenvalue weighted by atomic mass is 32.2. The van der Waals surface area contributed by atoms with Gasteiger partial charge in [-0.25, -0.2) is 0 Å². The molecule has 0 saturated carbocycles. The fourth-order valence-electron chi connectivity index (χ4n) is 1.95. The highest BCUT2D eigenvalue weighted by molar-refractivity contribution is 8.18. The third-order valence-corrected chi connectivity index (χ3v) is 3.93. The van der Waals surface area contributed by atoms with Crippen LogP contribution in [-0.2, 0) is 4.79 Å². The smallest absolute Gasteiger partial charge is 0.293 e. The molecule has 1 aliphatic heterocycles. The Labute approximate surface area is 123 Å². The zero-order chi connectivity index (χ0) is 14.9. The zero-order valence-electron chi connectivity index (χ0n) is 12.1. The molecule has 5 heteroatoms. The maximum absolute atomic E-state index is 12.1. The summed E-state index contributed by atoms with van der Waals surface area (Å²) in [6, 6.07) is 7.75. The van der Waals surface area contributed by atoms with Gasteiger partial charge in [0.2, 0.25) is 0 Å². The van der Waals surface area contributed by atoms with Gasteiger partial charge < -0.3 is 4.90 Å². The first-order valence-electron chi connectivity index (χ1n) is 6.44. The quantitative estimate of drug-likeness (QED) is 0.802. The van der Waals surface area contributed by atoms with Gasteiger partial charge in [-0.15, -0.1) is 0 Å². The predicted molar refractivity (Wildman–Crippen MR) is 83.7 cm³/mol. The van der Waals surface area contributed by atoms with Crippen molar-refractivity contribution in [2.45, 2.75) is 19.9 Å². The average molecular weight is 290 g/mol. The lowest BCUT2D eigenvalue weighted by atomic mass is 10.2. The lowest BCUT2D eigenvalue weighted by Gasteiger charge is -2.16. The van der Waals surface area contributed by atoms with E-state index in [1.54, 1.807) is 6.08 Å². The number of amides is 2. The first kappa shape index (κ1) is 14.7. The predicted octanol–water partition coefficient (Wildman–Crippen LogP) is 3.20. The molecule has 2 rings (SSSR count). The molecule has 0 spiro atoms. The molecule has 0 radical (unpaired) electrons. The zero-order valence-corrected chi connectivity index (χ0v) is 12.9. The van der Waals surface area contributed by atoms with Crippen molar-refractivity contribution in [3.63, 3.8) is 0 Å². The maximum atomic E-state index is 12.1. The van der Waals surface area contributed by atoms with E-state index < -0.39 is 0 Å². The van der Waals surface area contributed by atoms with Gasteiger partial charge in [-0.1, -0.05) is 12.1 Å². The van der Waals surface area contributed by atoms with Crippen LogP contribution in [0, 0.1) is 0 Å². The summed E-state index contributed by atoms with van der Waals surface area (Å²) in [5, 5.41) is -0.193. The van der Waals surface area contributed by atoms with E-state index in [9.17, 15) is 9.59 Å². The van der Waals surface area contributed by atoms with E-state index in [1.165, 1.54) is 4.90 Å². The number of benzene rings is 1. The van der Waals surface area contributed by atoms with Gasteiger partial charge in [0.05, 0.1) is 4.91 Å². The van der Waals surface area contributed by atoms with Crippen molar-refractivity contribution in [3.05, 3.63) is 34.7 Å². The molecular weight excluding hydrogens is 272 g/mol. The molecule has 1 fully saturated rings. The summed E-state index contributed by atoms with van der Waals surface area (Å²) in [6.07, 6.45) is 1.77. The molecule has 106 valence electrons. The normalized spacial score (nSPS) is 17.4.